The lowest BCUT2D eigenvalue weighted by molar-refractivity contribution is -0.139. The number of aromatic carboxylic acids is 1. The molecule has 0 fully saturated rings. The number of halogens is 1. The second-order valence-corrected chi connectivity index (χ2v) is 4.26. The smallest absolute Gasteiger partial charge is 0.335 e. The van der Waals surface area contributed by atoms with Gasteiger partial charge in [0.15, 0.2) is 0 Å². The van der Waals surface area contributed by atoms with Gasteiger partial charge in [0.1, 0.15) is 4.83 Å². The fourth-order valence-corrected chi connectivity index (χ4v) is 1.85. The second kappa shape index (κ2) is 5.65. The van der Waals surface area contributed by atoms with Crippen LogP contribution in [0.4, 0.5) is 0 Å². The Bertz CT molecular complexity index is 403. The first-order valence-corrected chi connectivity index (χ1v) is 5.51. The highest BCUT2D eigenvalue weighted by Gasteiger charge is 2.19. The third-order valence-electron chi connectivity index (χ3n) is 2.10. The molecule has 1 atom stereocenters. The minimum Gasteiger partial charge on any atom is -0.478 e. The van der Waals surface area contributed by atoms with E-state index in [0.717, 1.165) is 0 Å². The summed E-state index contributed by atoms with van der Waals surface area (Å²) < 4.78 is 4.55. The normalized spacial score (nSPS) is 11.9. The topological polar surface area (TPSA) is 63.6 Å². The van der Waals surface area contributed by atoms with E-state index < -0.39 is 16.8 Å². The van der Waals surface area contributed by atoms with Gasteiger partial charge in [-0.3, -0.25) is 4.79 Å². The number of rotatable bonds is 4. The van der Waals surface area contributed by atoms with E-state index in [0.29, 0.717) is 5.56 Å². The lowest BCUT2D eigenvalue weighted by Gasteiger charge is -2.09. The van der Waals surface area contributed by atoms with Gasteiger partial charge < -0.3 is 9.84 Å². The fourth-order valence-electron chi connectivity index (χ4n) is 1.31. The summed E-state index contributed by atoms with van der Waals surface area (Å²) in [5.41, 5.74) is 0.804. The molecule has 16 heavy (non-hydrogen) atoms. The number of alkyl halides is 1. The van der Waals surface area contributed by atoms with Crippen molar-refractivity contribution in [1.82, 2.24) is 0 Å². The second-order valence-electron chi connectivity index (χ2n) is 3.16. The van der Waals surface area contributed by atoms with Crippen LogP contribution >= 0.6 is 15.9 Å². The third-order valence-corrected chi connectivity index (χ3v) is 2.80. The summed E-state index contributed by atoms with van der Waals surface area (Å²) in [7, 11) is 1.29. The Morgan fingerprint density at radius 3 is 2.62 bits per heavy atom. The number of methoxy groups -OCH3 is 1. The van der Waals surface area contributed by atoms with Crippen LogP contribution in [0.1, 0.15) is 15.9 Å². The molecule has 4 nitrogen and oxygen atoms in total. The number of carbonyl (C=O) groups excluding carboxylic acids is 1. The minimum atomic E-state index is -1.000. The van der Waals surface area contributed by atoms with Crippen molar-refractivity contribution in [3.63, 3.8) is 0 Å². The van der Waals surface area contributed by atoms with E-state index in [1.54, 1.807) is 18.2 Å². The number of carboxylic acids is 1. The van der Waals surface area contributed by atoms with Gasteiger partial charge in [-0.1, -0.05) is 34.1 Å². The van der Waals surface area contributed by atoms with E-state index in [2.05, 4.69) is 20.7 Å². The van der Waals surface area contributed by atoms with Crippen molar-refractivity contribution in [2.75, 3.05) is 7.11 Å². The molecule has 86 valence electrons. The van der Waals surface area contributed by atoms with Gasteiger partial charge in [0.05, 0.1) is 12.7 Å². The summed E-state index contributed by atoms with van der Waals surface area (Å²) in [5.74, 6) is -1.42. The summed E-state index contributed by atoms with van der Waals surface area (Å²) in [5, 5.41) is 8.94. The van der Waals surface area contributed by atoms with Crippen molar-refractivity contribution in [2.45, 2.75) is 11.2 Å². The molecule has 0 radical (unpaired) electrons. The van der Waals surface area contributed by atoms with Crippen molar-refractivity contribution < 1.29 is 19.4 Å². The number of carbonyl (C=O) groups is 2. The molecule has 1 aromatic carbocycles. The maximum absolute atomic E-state index is 11.2. The predicted molar refractivity (Wildman–Crippen MR) is 61.8 cm³/mol. The van der Waals surface area contributed by atoms with Gasteiger partial charge in [-0.05, 0) is 18.1 Å². The van der Waals surface area contributed by atoms with Gasteiger partial charge in [-0.2, -0.15) is 0 Å². The molecule has 1 rings (SSSR count). The van der Waals surface area contributed by atoms with E-state index in [1.165, 1.54) is 13.2 Å². The summed E-state index contributed by atoms with van der Waals surface area (Å²) in [6.45, 7) is 0. The van der Waals surface area contributed by atoms with Gasteiger partial charge >= 0.3 is 11.9 Å². The number of hydrogen-bond acceptors (Lipinski definition) is 3. The molecule has 5 heteroatoms. The predicted octanol–water partition coefficient (Wildman–Crippen LogP) is 1.86. The van der Waals surface area contributed by atoms with Crippen LogP contribution in [-0.4, -0.2) is 29.0 Å². The highest BCUT2D eigenvalue weighted by molar-refractivity contribution is 9.10. The summed E-state index contributed by atoms with van der Waals surface area (Å²) in [6, 6.07) is 6.57. The molecular formula is C11H11BrO4. The lowest BCUT2D eigenvalue weighted by atomic mass is 10.0. The van der Waals surface area contributed by atoms with Crippen molar-refractivity contribution in [3.05, 3.63) is 35.4 Å². The van der Waals surface area contributed by atoms with Gasteiger partial charge in [-0.15, -0.1) is 0 Å². The van der Waals surface area contributed by atoms with E-state index in [9.17, 15) is 9.59 Å². The zero-order valence-corrected chi connectivity index (χ0v) is 10.2. The zero-order valence-electron chi connectivity index (χ0n) is 8.64. The molecule has 0 aromatic heterocycles. The molecule has 0 aliphatic carbocycles. The van der Waals surface area contributed by atoms with E-state index in [4.69, 9.17) is 5.11 Å². The molecule has 1 aromatic rings. The number of esters is 1. The molecular weight excluding hydrogens is 276 g/mol. The van der Waals surface area contributed by atoms with E-state index in [1.807, 2.05) is 0 Å². The Hall–Kier alpha value is -1.36. The number of ether oxygens (including phenoxy) is 1. The Balaban J connectivity index is 2.88. The monoisotopic (exact) mass is 286 g/mol. The molecule has 0 unspecified atom stereocenters. The largest absolute Gasteiger partial charge is 0.478 e. The number of benzene rings is 1. The molecule has 0 amide bonds. The fraction of sp³-hybridized carbons (Fsp3) is 0.273. The van der Waals surface area contributed by atoms with Crippen LogP contribution in [0.2, 0.25) is 0 Å². The van der Waals surface area contributed by atoms with Gasteiger partial charge in [-0.25, -0.2) is 4.79 Å². The SMILES string of the molecule is COC(=O)[C@@H](Br)Cc1ccccc1C(=O)O. The van der Waals surface area contributed by atoms with Crippen LogP contribution in [-0.2, 0) is 16.0 Å². The maximum atomic E-state index is 11.2. The standard InChI is InChI=1S/C11H11BrO4/c1-16-11(15)9(12)6-7-4-2-3-5-8(7)10(13)14/h2-5,9H,6H2,1H3,(H,13,14)/t9-/m0/s1. The molecule has 0 saturated heterocycles. The molecule has 0 spiro atoms. The third kappa shape index (κ3) is 3.06. The van der Waals surface area contributed by atoms with Crippen LogP contribution in [0.3, 0.4) is 0 Å². The van der Waals surface area contributed by atoms with E-state index >= 15 is 0 Å². The summed E-state index contributed by atoms with van der Waals surface area (Å²) >= 11 is 3.16. The Morgan fingerprint density at radius 2 is 2.06 bits per heavy atom. The molecule has 0 aliphatic heterocycles. The Morgan fingerprint density at radius 1 is 1.44 bits per heavy atom. The summed E-state index contributed by atoms with van der Waals surface area (Å²) in [6.07, 6.45) is 0.287. The highest BCUT2D eigenvalue weighted by Crippen LogP contribution is 2.15. The quantitative estimate of drug-likeness (QED) is 0.678. The average molecular weight is 287 g/mol. The van der Waals surface area contributed by atoms with Crippen molar-refractivity contribution >= 4 is 27.9 Å². The van der Waals surface area contributed by atoms with Gasteiger partial charge in [0.25, 0.3) is 0 Å². The number of carboxylic acid groups (broad SMARTS) is 1. The Labute approximate surface area is 101 Å². The maximum Gasteiger partial charge on any atom is 0.335 e. The minimum absolute atomic E-state index is 0.204. The van der Waals surface area contributed by atoms with Gasteiger partial charge in [0, 0.05) is 0 Å². The molecule has 0 aliphatic rings. The van der Waals surface area contributed by atoms with E-state index in [-0.39, 0.29) is 12.0 Å². The molecule has 0 bridgehead atoms. The van der Waals surface area contributed by atoms with Crippen LogP contribution in [0.5, 0.6) is 0 Å². The highest BCUT2D eigenvalue weighted by atomic mass is 79.9. The lowest BCUT2D eigenvalue weighted by Crippen LogP contribution is -2.19. The summed E-state index contributed by atoms with van der Waals surface area (Å²) in [4.78, 5) is 21.6. The average Bonchev–Trinajstić information content (AvgIpc) is 2.28. The van der Waals surface area contributed by atoms with Gasteiger partial charge in [0.2, 0.25) is 0 Å². The van der Waals surface area contributed by atoms with Crippen molar-refractivity contribution in [1.29, 1.82) is 0 Å². The first kappa shape index (κ1) is 12.7. The first-order chi connectivity index (χ1) is 7.56. The molecule has 0 heterocycles. The zero-order chi connectivity index (χ0) is 12.1. The first-order valence-electron chi connectivity index (χ1n) is 4.59. The van der Waals surface area contributed by atoms with Crippen molar-refractivity contribution in [2.24, 2.45) is 0 Å². The number of hydrogen-bond donors (Lipinski definition) is 1. The van der Waals surface area contributed by atoms with Crippen LogP contribution < -0.4 is 0 Å². The van der Waals surface area contributed by atoms with Crippen LogP contribution in [0.25, 0.3) is 0 Å². The molecule has 1 N–H and O–H groups in total. The molecule has 0 saturated carbocycles. The van der Waals surface area contributed by atoms with Crippen LogP contribution in [0.15, 0.2) is 24.3 Å². The van der Waals surface area contributed by atoms with Crippen LogP contribution in [0, 0.1) is 0 Å². The van der Waals surface area contributed by atoms with Crippen molar-refractivity contribution in [3.8, 4) is 0 Å². The Kier molecular flexibility index (Phi) is 4.49.